The summed E-state index contributed by atoms with van der Waals surface area (Å²) in [6.45, 7) is 0.0282. The number of ether oxygens (including phenoxy) is 1. The van der Waals surface area contributed by atoms with E-state index in [1.807, 2.05) is 0 Å². The van der Waals surface area contributed by atoms with Crippen LogP contribution in [0.25, 0.3) is 11.1 Å². The third-order valence-electron chi connectivity index (χ3n) is 4.44. The van der Waals surface area contributed by atoms with Gasteiger partial charge < -0.3 is 9.84 Å². The molecular weight excluding hydrogens is 361 g/mol. The van der Waals surface area contributed by atoms with Crippen molar-refractivity contribution in [3.05, 3.63) is 53.1 Å². The predicted molar refractivity (Wildman–Crippen MR) is 91.9 cm³/mol. The number of aryl methyl sites for hydroxylation is 1. The molecule has 3 rings (SSSR count). The van der Waals surface area contributed by atoms with Crippen LogP contribution in [-0.4, -0.2) is 23.5 Å². The highest BCUT2D eigenvalue weighted by Gasteiger charge is 2.34. The molecule has 142 valence electrons. The van der Waals surface area contributed by atoms with Gasteiger partial charge in [-0.3, -0.25) is 9.59 Å². The van der Waals surface area contributed by atoms with Crippen LogP contribution < -0.4 is 4.74 Å². The molecule has 0 radical (unpaired) electrons. The average molecular weight is 378 g/mol. The second kappa shape index (κ2) is 7.42. The van der Waals surface area contributed by atoms with Gasteiger partial charge in [0.25, 0.3) is 0 Å². The third kappa shape index (κ3) is 4.13. The Labute approximate surface area is 153 Å². The molecule has 0 bridgehead atoms. The number of hydrogen-bond donors (Lipinski definition) is 1. The van der Waals surface area contributed by atoms with E-state index in [4.69, 9.17) is 9.84 Å². The summed E-state index contributed by atoms with van der Waals surface area (Å²) in [5, 5.41) is 8.71. The zero-order chi connectivity index (χ0) is 19.6. The number of fused-ring (bicyclic) bond motifs is 1. The van der Waals surface area contributed by atoms with Gasteiger partial charge in [0.15, 0.2) is 5.78 Å². The first-order valence-electron chi connectivity index (χ1n) is 8.48. The molecule has 4 nitrogen and oxygen atoms in total. The first-order chi connectivity index (χ1) is 12.8. The van der Waals surface area contributed by atoms with Gasteiger partial charge in [0.2, 0.25) is 0 Å². The molecule has 7 heteroatoms. The van der Waals surface area contributed by atoms with Gasteiger partial charge in [0.05, 0.1) is 12.2 Å². The molecular formula is C20H17F3O4. The van der Waals surface area contributed by atoms with Crippen LogP contribution in [-0.2, 0) is 17.4 Å². The van der Waals surface area contributed by atoms with Gasteiger partial charge in [-0.05, 0) is 42.2 Å². The van der Waals surface area contributed by atoms with Crippen LogP contribution in [0.2, 0.25) is 0 Å². The second-order valence-corrected chi connectivity index (χ2v) is 6.32. The Morgan fingerprint density at radius 1 is 1.07 bits per heavy atom. The molecule has 0 atom stereocenters. The Kier molecular flexibility index (Phi) is 5.21. The molecule has 0 unspecified atom stereocenters. The van der Waals surface area contributed by atoms with Gasteiger partial charge in [-0.1, -0.05) is 18.2 Å². The number of benzene rings is 2. The lowest BCUT2D eigenvalue weighted by Crippen LogP contribution is -2.08. The van der Waals surface area contributed by atoms with E-state index in [0.29, 0.717) is 24.0 Å². The maximum atomic E-state index is 13.4. The van der Waals surface area contributed by atoms with Gasteiger partial charge in [-0.2, -0.15) is 13.2 Å². The van der Waals surface area contributed by atoms with Gasteiger partial charge >= 0.3 is 12.1 Å². The molecule has 0 spiro atoms. The zero-order valence-corrected chi connectivity index (χ0v) is 14.3. The Balaban J connectivity index is 2.04. The number of Topliss-reactive ketones (excluding diaryl/α,β-unsaturated/α-hetero) is 1. The maximum absolute atomic E-state index is 13.4. The van der Waals surface area contributed by atoms with E-state index >= 15 is 0 Å². The lowest BCUT2D eigenvalue weighted by molar-refractivity contribution is -0.138. The molecule has 0 saturated heterocycles. The van der Waals surface area contributed by atoms with E-state index < -0.39 is 17.7 Å². The number of rotatable bonds is 6. The Bertz CT molecular complexity index is 887. The second-order valence-electron chi connectivity index (χ2n) is 6.32. The van der Waals surface area contributed by atoms with Crippen molar-refractivity contribution in [3.63, 3.8) is 0 Å². The van der Waals surface area contributed by atoms with Crippen LogP contribution in [0.4, 0.5) is 13.2 Å². The summed E-state index contributed by atoms with van der Waals surface area (Å²) >= 11 is 0. The van der Waals surface area contributed by atoms with Crippen molar-refractivity contribution in [2.75, 3.05) is 6.61 Å². The minimum Gasteiger partial charge on any atom is -0.493 e. The van der Waals surface area contributed by atoms with Crippen LogP contribution in [0.1, 0.15) is 40.7 Å². The average Bonchev–Trinajstić information content (AvgIpc) is 2.97. The highest BCUT2D eigenvalue weighted by Crippen LogP contribution is 2.42. The first kappa shape index (κ1) is 18.9. The fraction of sp³-hybridized carbons (Fsp3) is 0.300. The predicted octanol–water partition coefficient (Wildman–Crippen LogP) is 4.74. The van der Waals surface area contributed by atoms with E-state index in [-0.39, 0.29) is 42.1 Å². The van der Waals surface area contributed by atoms with Gasteiger partial charge in [0, 0.05) is 24.0 Å². The summed E-state index contributed by atoms with van der Waals surface area (Å²) in [6.07, 6.45) is -3.64. The molecule has 0 heterocycles. The highest BCUT2D eigenvalue weighted by molar-refractivity contribution is 6.01. The summed E-state index contributed by atoms with van der Waals surface area (Å²) in [7, 11) is 0. The third-order valence-corrected chi connectivity index (χ3v) is 4.44. The summed E-state index contributed by atoms with van der Waals surface area (Å²) in [4.78, 5) is 22.6. The minimum absolute atomic E-state index is 0.0274. The number of ketones is 1. The Hall–Kier alpha value is -2.83. The molecule has 0 aliphatic heterocycles. The number of halogens is 3. The highest BCUT2D eigenvalue weighted by atomic mass is 19.4. The Morgan fingerprint density at radius 2 is 1.81 bits per heavy atom. The van der Waals surface area contributed by atoms with Crippen LogP contribution in [0, 0.1) is 0 Å². The number of hydrogen-bond acceptors (Lipinski definition) is 3. The standard InChI is InChI=1S/C20H17F3O4/c21-20(22,23)16-5-2-1-4-13(16)15-10-12-7-8-17(24)14(12)11-18(15)27-9-3-6-19(25)26/h1-2,4-5,10-11H,3,6-9H2,(H,25,26). The van der Waals surface area contributed by atoms with Crippen molar-refractivity contribution in [3.8, 4) is 16.9 Å². The molecule has 2 aromatic carbocycles. The molecule has 0 fully saturated rings. The topological polar surface area (TPSA) is 63.6 Å². The molecule has 0 amide bonds. The smallest absolute Gasteiger partial charge is 0.417 e. The van der Waals surface area contributed by atoms with Crippen LogP contribution in [0.15, 0.2) is 36.4 Å². The largest absolute Gasteiger partial charge is 0.493 e. The van der Waals surface area contributed by atoms with E-state index in [1.54, 1.807) is 6.07 Å². The summed E-state index contributed by atoms with van der Waals surface area (Å²) in [5.74, 6) is -0.896. The monoisotopic (exact) mass is 378 g/mol. The number of alkyl halides is 3. The Morgan fingerprint density at radius 3 is 2.52 bits per heavy atom. The molecule has 1 N–H and O–H groups in total. The van der Waals surface area contributed by atoms with Crippen LogP contribution in [0.5, 0.6) is 5.75 Å². The molecule has 0 aromatic heterocycles. The zero-order valence-electron chi connectivity index (χ0n) is 14.3. The van der Waals surface area contributed by atoms with Crippen LogP contribution in [0.3, 0.4) is 0 Å². The van der Waals surface area contributed by atoms with Crippen molar-refractivity contribution in [1.29, 1.82) is 0 Å². The summed E-state index contributed by atoms with van der Waals surface area (Å²) in [6, 6.07) is 8.26. The van der Waals surface area contributed by atoms with Crippen molar-refractivity contribution >= 4 is 11.8 Å². The molecule has 2 aromatic rings. The van der Waals surface area contributed by atoms with Gasteiger partial charge in [-0.25, -0.2) is 0 Å². The number of carboxylic acid groups (broad SMARTS) is 1. The number of carboxylic acids is 1. The van der Waals surface area contributed by atoms with Crippen molar-refractivity contribution < 1.29 is 32.6 Å². The summed E-state index contributed by atoms with van der Waals surface area (Å²) < 4.78 is 45.9. The summed E-state index contributed by atoms with van der Waals surface area (Å²) in [5.41, 5.74) is 0.595. The molecule has 27 heavy (non-hydrogen) atoms. The van der Waals surface area contributed by atoms with E-state index in [9.17, 15) is 22.8 Å². The van der Waals surface area contributed by atoms with E-state index in [1.165, 1.54) is 24.3 Å². The molecule has 0 saturated carbocycles. The minimum atomic E-state index is -4.54. The fourth-order valence-corrected chi connectivity index (χ4v) is 3.17. The van der Waals surface area contributed by atoms with Crippen molar-refractivity contribution in [2.24, 2.45) is 0 Å². The molecule has 1 aliphatic rings. The normalized spacial score (nSPS) is 13.5. The fourth-order valence-electron chi connectivity index (χ4n) is 3.17. The number of carbonyl (C=O) groups is 2. The van der Waals surface area contributed by atoms with Gasteiger partial charge in [-0.15, -0.1) is 0 Å². The van der Waals surface area contributed by atoms with Crippen molar-refractivity contribution in [1.82, 2.24) is 0 Å². The molecule has 1 aliphatic carbocycles. The quantitative estimate of drug-likeness (QED) is 0.737. The van der Waals surface area contributed by atoms with Crippen molar-refractivity contribution in [2.45, 2.75) is 31.9 Å². The first-order valence-corrected chi connectivity index (χ1v) is 8.48. The van der Waals surface area contributed by atoms with E-state index in [2.05, 4.69) is 0 Å². The lowest BCUT2D eigenvalue weighted by atomic mass is 9.95. The number of aliphatic carboxylic acids is 1. The van der Waals surface area contributed by atoms with Gasteiger partial charge in [0.1, 0.15) is 5.75 Å². The number of carbonyl (C=O) groups excluding carboxylic acids is 1. The maximum Gasteiger partial charge on any atom is 0.417 e. The van der Waals surface area contributed by atoms with E-state index in [0.717, 1.165) is 6.07 Å². The SMILES string of the molecule is O=C(O)CCCOc1cc2c(cc1-c1ccccc1C(F)(F)F)CCC2=O. The lowest BCUT2D eigenvalue weighted by Gasteiger charge is -2.17. The van der Waals surface area contributed by atoms with Crippen LogP contribution >= 0.6 is 0 Å².